The minimum atomic E-state index is -0.739. The fraction of sp³-hybridized carbons (Fsp3) is 0.294. The Bertz CT molecular complexity index is 614. The zero-order chi connectivity index (χ0) is 16.7. The zero-order valence-corrected chi connectivity index (χ0v) is 13.8. The van der Waals surface area contributed by atoms with E-state index >= 15 is 0 Å². The Kier molecular flexibility index (Phi) is 6.29. The molecule has 6 heteroatoms. The van der Waals surface area contributed by atoms with Crippen LogP contribution in [0, 0.1) is 0 Å². The van der Waals surface area contributed by atoms with Crippen LogP contribution in [0.3, 0.4) is 0 Å². The molecule has 0 saturated heterocycles. The van der Waals surface area contributed by atoms with E-state index < -0.39 is 17.4 Å². The largest absolute Gasteiger partial charge is 0.464 e. The van der Waals surface area contributed by atoms with Gasteiger partial charge in [0, 0.05) is 12.0 Å². The Morgan fingerprint density at radius 2 is 2.09 bits per heavy atom. The van der Waals surface area contributed by atoms with Crippen molar-refractivity contribution in [3.8, 4) is 0 Å². The van der Waals surface area contributed by atoms with Crippen LogP contribution in [0.25, 0.3) is 0 Å². The first-order valence-electron chi connectivity index (χ1n) is 7.44. The highest BCUT2D eigenvalue weighted by Gasteiger charge is 2.26. The molecule has 0 aliphatic carbocycles. The Morgan fingerprint density at radius 1 is 1.35 bits per heavy atom. The number of esters is 1. The lowest BCUT2D eigenvalue weighted by Crippen LogP contribution is -2.46. The second kappa shape index (κ2) is 8.43. The van der Waals surface area contributed by atoms with Gasteiger partial charge in [-0.2, -0.15) is 0 Å². The number of dihydropyridines is 1. The summed E-state index contributed by atoms with van der Waals surface area (Å²) in [5.74, 6) is -0.781. The first kappa shape index (κ1) is 17.1. The van der Waals surface area contributed by atoms with E-state index in [-0.39, 0.29) is 12.5 Å². The molecule has 0 radical (unpaired) electrons. The molecule has 2 rings (SSSR count). The average Bonchev–Trinajstić information content (AvgIpc) is 2.55. The number of rotatable bonds is 6. The number of allylic oxidation sites excluding steroid dienone is 2. The summed E-state index contributed by atoms with van der Waals surface area (Å²) < 4.78 is 5.07. The van der Waals surface area contributed by atoms with Crippen LogP contribution in [-0.2, 0) is 20.7 Å². The van der Waals surface area contributed by atoms with Crippen molar-refractivity contribution in [1.82, 2.24) is 10.6 Å². The number of benzene rings is 1. The molecule has 1 aromatic rings. The molecular formula is C17H20N2O3S. The van der Waals surface area contributed by atoms with Gasteiger partial charge in [-0.25, -0.2) is 4.79 Å². The minimum Gasteiger partial charge on any atom is -0.464 e. The summed E-state index contributed by atoms with van der Waals surface area (Å²) in [7, 11) is 0. The zero-order valence-electron chi connectivity index (χ0n) is 12.9. The van der Waals surface area contributed by atoms with E-state index in [4.69, 9.17) is 4.74 Å². The van der Waals surface area contributed by atoms with Gasteiger partial charge in [0.2, 0.25) is 0 Å². The highest BCUT2D eigenvalue weighted by molar-refractivity contribution is 7.81. The van der Waals surface area contributed by atoms with Gasteiger partial charge in [-0.05, 0) is 30.8 Å². The average molecular weight is 332 g/mol. The predicted octanol–water partition coefficient (Wildman–Crippen LogP) is 1.58. The number of nitrogens with one attached hydrogen (secondary N) is 2. The molecule has 1 heterocycles. The summed E-state index contributed by atoms with van der Waals surface area (Å²) in [6, 6.07) is 8.76. The summed E-state index contributed by atoms with van der Waals surface area (Å²) in [6.45, 7) is 2.00. The van der Waals surface area contributed by atoms with Crippen LogP contribution in [0.5, 0.6) is 0 Å². The van der Waals surface area contributed by atoms with Gasteiger partial charge < -0.3 is 15.4 Å². The van der Waals surface area contributed by atoms with Crippen LogP contribution < -0.4 is 10.6 Å². The molecule has 122 valence electrons. The topological polar surface area (TPSA) is 67.4 Å². The molecule has 5 nitrogen and oxygen atoms in total. The van der Waals surface area contributed by atoms with Crippen LogP contribution in [0.15, 0.2) is 54.3 Å². The Morgan fingerprint density at radius 3 is 2.74 bits per heavy atom. The fourth-order valence-electron chi connectivity index (χ4n) is 2.21. The summed E-state index contributed by atoms with van der Waals surface area (Å²) in [5, 5.41) is 5.27. The van der Waals surface area contributed by atoms with Gasteiger partial charge in [0.05, 0.1) is 6.61 Å². The predicted molar refractivity (Wildman–Crippen MR) is 91.8 cm³/mol. The summed E-state index contributed by atoms with van der Waals surface area (Å²) in [4.78, 5) is 24.6. The van der Waals surface area contributed by atoms with E-state index in [1.54, 1.807) is 25.3 Å². The van der Waals surface area contributed by atoms with Crippen LogP contribution in [0.4, 0.5) is 0 Å². The third-order valence-electron chi connectivity index (χ3n) is 3.34. The third kappa shape index (κ3) is 4.89. The molecule has 0 spiro atoms. The molecule has 1 aliphatic rings. The summed E-state index contributed by atoms with van der Waals surface area (Å²) in [5.41, 5.74) is 1.40. The van der Waals surface area contributed by atoms with Crippen LogP contribution >= 0.6 is 12.6 Å². The monoisotopic (exact) mass is 332 g/mol. The third-order valence-corrected chi connectivity index (χ3v) is 3.77. The van der Waals surface area contributed by atoms with Gasteiger partial charge in [0.15, 0.2) is 0 Å². The van der Waals surface area contributed by atoms with Crippen molar-refractivity contribution in [2.75, 3.05) is 6.61 Å². The van der Waals surface area contributed by atoms with Gasteiger partial charge in [0.25, 0.3) is 5.91 Å². The molecule has 0 bridgehead atoms. The van der Waals surface area contributed by atoms with Gasteiger partial charge in [-0.1, -0.05) is 30.3 Å². The van der Waals surface area contributed by atoms with E-state index in [0.29, 0.717) is 12.0 Å². The van der Waals surface area contributed by atoms with E-state index in [9.17, 15) is 9.59 Å². The van der Waals surface area contributed by atoms with E-state index in [2.05, 4.69) is 23.3 Å². The van der Waals surface area contributed by atoms with Gasteiger partial charge in [0.1, 0.15) is 11.4 Å². The fourth-order valence-corrected chi connectivity index (χ4v) is 2.50. The molecule has 0 saturated carbocycles. The number of thiol groups is 1. The van der Waals surface area contributed by atoms with Gasteiger partial charge in [-0.15, -0.1) is 12.6 Å². The number of hydrogen-bond acceptors (Lipinski definition) is 5. The molecule has 0 fully saturated rings. The van der Waals surface area contributed by atoms with Crippen molar-refractivity contribution in [1.29, 1.82) is 0 Å². The molecule has 23 heavy (non-hydrogen) atoms. The Labute approximate surface area is 141 Å². The first-order chi connectivity index (χ1) is 11.1. The lowest BCUT2D eigenvalue weighted by molar-refractivity contribution is -0.147. The van der Waals surface area contributed by atoms with Gasteiger partial charge >= 0.3 is 5.97 Å². The minimum absolute atomic E-state index is 0.266. The number of amides is 1. The maximum absolute atomic E-state index is 12.4. The molecule has 2 atom stereocenters. The van der Waals surface area contributed by atoms with Crippen molar-refractivity contribution in [2.24, 2.45) is 0 Å². The maximum atomic E-state index is 12.4. The highest BCUT2D eigenvalue weighted by Crippen LogP contribution is 2.12. The lowest BCUT2D eigenvalue weighted by atomic mass is 10.1. The summed E-state index contributed by atoms with van der Waals surface area (Å²) >= 11 is 4.30. The molecule has 2 N–H and O–H groups in total. The van der Waals surface area contributed by atoms with E-state index in [1.807, 2.05) is 30.3 Å². The quantitative estimate of drug-likeness (QED) is 0.546. The van der Waals surface area contributed by atoms with E-state index in [1.165, 1.54) is 0 Å². The normalized spacial score (nSPS) is 17.7. The number of carbonyl (C=O) groups is 2. The number of ether oxygens (including phenoxy) is 1. The second-order valence-electron chi connectivity index (χ2n) is 5.02. The van der Waals surface area contributed by atoms with Crippen molar-refractivity contribution in [3.05, 3.63) is 59.8 Å². The smallest absolute Gasteiger partial charge is 0.328 e. The Balaban J connectivity index is 2.10. The maximum Gasteiger partial charge on any atom is 0.328 e. The van der Waals surface area contributed by atoms with Crippen LogP contribution in [-0.4, -0.2) is 29.9 Å². The van der Waals surface area contributed by atoms with Crippen molar-refractivity contribution in [3.63, 3.8) is 0 Å². The molecule has 1 aliphatic heterocycles. The molecule has 2 unspecified atom stereocenters. The standard InChI is InChI=1S/C17H20N2O3S/c1-2-22-17(21)14(11-12-7-4-3-5-8-12)19-15(20)13-9-6-10-18-16(13)23/h3-10,14,16,18,23H,2,11H2,1H3,(H,19,20). The lowest BCUT2D eigenvalue weighted by Gasteiger charge is -2.22. The number of hydrogen-bond donors (Lipinski definition) is 3. The highest BCUT2D eigenvalue weighted by atomic mass is 32.1. The second-order valence-corrected chi connectivity index (χ2v) is 5.53. The molecule has 1 aromatic carbocycles. The van der Waals surface area contributed by atoms with Crippen LogP contribution in [0.2, 0.25) is 0 Å². The first-order valence-corrected chi connectivity index (χ1v) is 7.95. The van der Waals surface area contributed by atoms with Crippen LogP contribution in [0.1, 0.15) is 12.5 Å². The van der Waals surface area contributed by atoms with Crippen molar-refractivity contribution >= 4 is 24.5 Å². The molecule has 1 amide bonds. The van der Waals surface area contributed by atoms with Gasteiger partial charge in [-0.3, -0.25) is 4.79 Å². The van der Waals surface area contributed by atoms with E-state index in [0.717, 1.165) is 5.56 Å². The molecular weight excluding hydrogens is 312 g/mol. The SMILES string of the molecule is CCOC(=O)C(Cc1ccccc1)NC(=O)C1=CC=CNC1S. The molecule has 0 aromatic heterocycles. The number of carbonyl (C=O) groups excluding carboxylic acids is 2. The van der Waals surface area contributed by atoms with Crippen molar-refractivity contribution < 1.29 is 14.3 Å². The van der Waals surface area contributed by atoms with Crippen molar-refractivity contribution in [2.45, 2.75) is 24.8 Å². The Hall–Kier alpha value is -2.21. The summed E-state index contributed by atoms with van der Waals surface area (Å²) in [6.07, 6.45) is 5.48.